The molecule has 0 saturated carbocycles. The smallest absolute Gasteiger partial charge is 0.0488 e. The molecule has 118 valence electrons. The van der Waals surface area contributed by atoms with E-state index in [0.29, 0.717) is 11.1 Å². The number of hydrogen-bond donors (Lipinski definition) is 0. The van der Waals surface area contributed by atoms with Crippen molar-refractivity contribution in [2.24, 2.45) is 0 Å². The standard InChI is InChI=1S/C16H12O4S3/c17-13(18)7-9-10(8-14(19)20)16(12-4-2-6-22-12)23-15(9)11-3-1-5-21-11/h1-6H,7-8H2,(H,17,18)(H,19,20)/p-2. The van der Waals surface area contributed by atoms with E-state index in [1.54, 1.807) is 0 Å². The van der Waals surface area contributed by atoms with Gasteiger partial charge in [0.1, 0.15) is 0 Å². The van der Waals surface area contributed by atoms with Gasteiger partial charge in [-0.05, 0) is 34.0 Å². The molecule has 3 aromatic heterocycles. The van der Waals surface area contributed by atoms with E-state index in [2.05, 4.69) is 0 Å². The molecular formula is C16H10O4S3-2. The Morgan fingerprint density at radius 1 is 0.826 bits per heavy atom. The molecule has 3 aromatic rings. The molecule has 0 aliphatic heterocycles. The van der Waals surface area contributed by atoms with E-state index in [9.17, 15) is 19.8 Å². The van der Waals surface area contributed by atoms with Crippen LogP contribution in [0.25, 0.3) is 19.5 Å². The van der Waals surface area contributed by atoms with Gasteiger partial charge in [0.05, 0.1) is 0 Å². The largest absolute Gasteiger partial charge is 0.550 e. The second-order valence-corrected chi connectivity index (χ2v) is 7.69. The van der Waals surface area contributed by atoms with Crippen LogP contribution in [0.3, 0.4) is 0 Å². The van der Waals surface area contributed by atoms with Crippen molar-refractivity contribution in [3.63, 3.8) is 0 Å². The molecule has 0 aliphatic rings. The van der Waals surface area contributed by atoms with Gasteiger partial charge in [0, 0.05) is 44.3 Å². The van der Waals surface area contributed by atoms with Crippen LogP contribution in [0, 0.1) is 0 Å². The molecule has 0 fully saturated rings. The molecule has 4 nitrogen and oxygen atoms in total. The topological polar surface area (TPSA) is 80.3 Å². The summed E-state index contributed by atoms with van der Waals surface area (Å²) in [5, 5.41) is 26.1. The molecule has 3 rings (SSSR count). The van der Waals surface area contributed by atoms with Crippen LogP contribution in [0.2, 0.25) is 0 Å². The second-order valence-electron chi connectivity index (χ2n) is 4.77. The van der Waals surface area contributed by atoms with Gasteiger partial charge in [-0.25, -0.2) is 0 Å². The molecule has 7 heteroatoms. The van der Waals surface area contributed by atoms with Crippen LogP contribution in [0.15, 0.2) is 35.0 Å². The summed E-state index contributed by atoms with van der Waals surface area (Å²) in [6.07, 6.45) is -0.616. The summed E-state index contributed by atoms with van der Waals surface area (Å²) in [4.78, 5) is 25.8. The minimum absolute atomic E-state index is 0.308. The third-order valence-corrected chi connectivity index (χ3v) is 6.62. The highest BCUT2D eigenvalue weighted by molar-refractivity contribution is 7.26. The summed E-state index contributed by atoms with van der Waals surface area (Å²) >= 11 is 4.41. The summed E-state index contributed by atoms with van der Waals surface area (Å²) in [5.41, 5.74) is 1.04. The van der Waals surface area contributed by atoms with Gasteiger partial charge >= 0.3 is 0 Å². The maximum atomic E-state index is 11.2. The Balaban J connectivity index is 2.23. The molecule has 0 bridgehead atoms. The van der Waals surface area contributed by atoms with Crippen molar-refractivity contribution in [3.05, 3.63) is 46.2 Å². The number of thiophene rings is 3. The molecule has 0 N–H and O–H groups in total. The average Bonchev–Trinajstić information content (AvgIpc) is 3.19. The molecule has 0 amide bonds. The zero-order valence-corrected chi connectivity index (χ0v) is 14.2. The fourth-order valence-electron chi connectivity index (χ4n) is 2.38. The Morgan fingerprint density at radius 3 is 1.57 bits per heavy atom. The Labute approximate surface area is 144 Å². The Bertz CT molecular complexity index is 760. The van der Waals surface area contributed by atoms with E-state index < -0.39 is 11.9 Å². The van der Waals surface area contributed by atoms with Crippen molar-refractivity contribution in [2.75, 3.05) is 0 Å². The first-order valence-corrected chi connectivity index (χ1v) is 9.26. The van der Waals surface area contributed by atoms with E-state index in [0.717, 1.165) is 19.5 Å². The third kappa shape index (κ3) is 3.36. The molecule has 0 unspecified atom stereocenters. The van der Waals surface area contributed by atoms with Gasteiger partial charge in [-0.15, -0.1) is 34.0 Å². The zero-order valence-electron chi connectivity index (χ0n) is 11.7. The summed E-state index contributed by atoms with van der Waals surface area (Å²) in [5.74, 6) is -2.45. The van der Waals surface area contributed by atoms with Gasteiger partial charge in [-0.1, -0.05) is 12.1 Å². The third-order valence-electron chi connectivity index (χ3n) is 3.25. The number of aliphatic carboxylic acids is 2. The number of carboxylic acid groups (broad SMARTS) is 2. The Hall–Kier alpha value is -1.96. The van der Waals surface area contributed by atoms with Crippen molar-refractivity contribution < 1.29 is 19.8 Å². The van der Waals surface area contributed by atoms with Crippen molar-refractivity contribution in [1.82, 2.24) is 0 Å². The van der Waals surface area contributed by atoms with Gasteiger partial charge in [0.15, 0.2) is 0 Å². The van der Waals surface area contributed by atoms with Gasteiger partial charge in [-0.3, -0.25) is 0 Å². The highest BCUT2D eigenvalue weighted by atomic mass is 32.1. The normalized spacial score (nSPS) is 10.8. The van der Waals surface area contributed by atoms with Crippen LogP contribution in [0.5, 0.6) is 0 Å². The molecule has 0 saturated heterocycles. The average molecular weight is 362 g/mol. The van der Waals surface area contributed by atoms with Crippen LogP contribution in [-0.4, -0.2) is 11.9 Å². The molecule has 0 aromatic carbocycles. The van der Waals surface area contributed by atoms with Crippen LogP contribution in [0.4, 0.5) is 0 Å². The van der Waals surface area contributed by atoms with Crippen molar-refractivity contribution in [2.45, 2.75) is 12.8 Å². The number of carboxylic acids is 2. The molecule has 23 heavy (non-hydrogen) atoms. The maximum Gasteiger partial charge on any atom is 0.0488 e. The first-order chi connectivity index (χ1) is 11.1. The molecule has 3 heterocycles. The maximum absolute atomic E-state index is 11.2. The highest BCUT2D eigenvalue weighted by Gasteiger charge is 2.21. The number of carbonyl (C=O) groups is 2. The quantitative estimate of drug-likeness (QED) is 0.669. The minimum Gasteiger partial charge on any atom is -0.550 e. The van der Waals surface area contributed by atoms with Gasteiger partial charge in [0.2, 0.25) is 0 Å². The predicted octanol–water partition coefficient (Wildman–Crippen LogP) is 1.79. The van der Waals surface area contributed by atoms with E-state index in [1.165, 1.54) is 34.0 Å². The summed E-state index contributed by atoms with van der Waals surface area (Å²) < 4.78 is 0. The summed E-state index contributed by atoms with van der Waals surface area (Å²) in [7, 11) is 0. The number of carbonyl (C=O) groups excluding carboxylic acids is 2. The minimum atomic E-state index is -1.22. The van der Waals surface area contributed by atoms with Gasteiger partial charge < -0.3 is 19.8 Å². The first-order valence-electron chi connectivity index (χ1n) is 6.68. The monoisotopic (exact) mass is 362 g/mol. The Kier molecular flexibility index (Phi) is 4.61. The molecular weight excluding hydrogens is 352 g/mol. The van der Waals surface area contributed by atoms with Crippen LogP contribution >= 0.6 is 34.0 Å². The second kappa shape index (κ2) is 6.66. The van der Waals surface area contributed by atoms with Gasteiger partial charge in [0.25, 0.3) is 0 Å². The fraction of sp³-hybridized carbons (Fsp3) is 0.125. The SMILES string of the molecule is O=C([O-])Cc1c(-c2cccs2)sc(-c2cccs2)c1CC(=O)[O-]. The lowest BCUT2D eigenvalue weighted by molar-refractivity contribution is -0.306. The summed E-state index contributed by atoms with van der Waals surface area (Å²) in [6.45, 7) is 0. The van der Waals surface area contributed by atoms with E-state index in [-0.39, 0.29) is 12.8 Å². The highest BCUT2D eigenvalue weighted by Crippen LogP contribution is 2.45. The molecule has 0 spiro atoms. The van der Waals surface area contributed by atoms with Crippen LogP contribution in [0.1, 0.15) is 11.1 Å². The molecule has 0 aliphatic carbocycles. The van der Waals surface area contributed by atoms with E-state index in [4.69, 9.17) is 0 Å². The number of rotatable bonds is 6. The van der Waals surface area contributed by atoms with Crippen LogP contribution in [-0.2, 0) is 22.4 Å². The number of hydrogen-bond acceptors (Lipinski definition) is 7. The zero-order chi connectivity index (χ0) is 16.4. The van der Waals surface area contributed by atoms with E-state index >= 15 is 0 Å². The Morgan fingerprint density at radius 2 is 1.26 bits per heavy atom. The first kappa shape index (κ1) is 15.9. The van der Waals surface area contributed by atoms with Gasteiger partial charge in [-0.2, -0.15) is 0 Å². The van der Waals surface area contributed by atoms with E-state index in [1.807, 2.05) is 35.0 Å². The fourth-order valence-corrected chi connectivity index (χ4v) is 5.47. The van der Waals surface area contributed by atoms with Crippen molar-refractivity contribution >= 4 is 45.9 Å². The van der Waals surface area contributed by atoms with Crippen molar-refractivity contribution in [1.29, 1.82) is 0 Å². The lowest BCUT2D eigenvalue weighted by atomic mass is 10.0. The lowest BCUT2D eigenvalue weighted by Gasteiger charge is -2.10. The predicted molar refractivity (Wildman–Crippen MR) is 88.4 cm³/mol. The summed E-state index contributed by atoms with van der Waals surface area (Å²) in [6, 6.07) is 7.56. The van der Waals surface area contributed by atoms with Crippen LogP contribution < -0.4 is 10.2 Å². The molecule has 0 radical (unpaired) electrons. The molecule has 0 atom stereocenters. The van der Waals surface area contributed by atoms with Crippen molar-refractivity contribution in [3.8, 4) is 19.5 Å². The lowest BCUT2D eigenvalue weighted by Crippen LogP contribution is -2.27.